The van der Waals surface area contributed by atoms with E-state index < -0.39 is 0 Å². The minimum Gasteiger partial charge on any atom is -0.379 e. The third-order valence-electron chi connectivity index (χ3n) is 3.13. The van der Waals surface area contributed by atoms with Crippen molar-refractivity contribution in [3.63, 3.8) is 0 Å². The van der Waals surface area contributed by atoms with Gasteiger partial charge in [-0.25, -0.2) is 4.98 Å². The molecule has 1 aliphatic rings. The van der Waals surface area contributed by atoms with Crippen molar-refractivity contribution in [2.75, 3.05) is 39.4 Å². The fourth-order valence-electron chi connectivity index (χ4n) is 2.03. The predicted molar refractivity (Wildman–Crippen MR) is 75.4 cm³/mol. The number of aromatic nitrogens is 1. The molecule has 1 N–H and O–H groups in total. The van der Waals surface area contributed by atoms with E-state index in [1.54, 1.807) is 11.3 Å². The molecule has 2 rings (SSSR count). The Hall–Kier alpha value is -0.980. The maximum absolute atomic E-state index is 11.7. The highest BCUT2D eigenvalue weighted by atomic mass is 32.1. The van der Waals surface area contributed by atoms with Crippen molar-refractivity contribution in [2.24, 2.45) is 0 Å². The van der Waals surface area contributed by atoms with Gasteiger partial charge in [-0.1, -0.05) is 0 Å². The van der Waals surface area contributed by atoms with Crippen LogP contribution in [0, 0.1) is 6.92 Å². The van der Waals surface area contributed by atoms with Crippen LogP contribution in [0.3, 0.4) is 0 Å². The van der Waals surface area contributed by atoms with E-state index in [4.69, 9.17) is 4.74 Å². The number of hydrogen-bond donors (Lipinski definition) is 1. The lowest BCUT2D eigenvalue weighted by Gasteiger charge is -2.26. The summed E-state index contributed by atoms with van der Waals surface area (Å²) in [6.45, 7) is 7.15. The van der Waals surface area contributed by atoms with Crippen LogP contribution in [-0.2, 0) is 16.0 Å². The minimum atomic E-state index is 0.110. The summed E-state index contributed by atoms with van der Waals surface area (Å²) in [5.41, 5.74) is 1.02. The number of carbonyl (C=O) groups excluding carboxylic acids is 1. The summed E-state index contributed by atoms with van der Waals surface area (Å²) < 4.78 is 5.28. The van der Waals surface area contributed by atoms with Gasteiger partial charge in [-0.15, -0.1) is 11.3 Å². The van der Waals surface area contributed by atoms with E-state index in [1.165, 1.54) is 0 Å². The van der Waals surface area contributed by atoms with E-state index in [1.807, 2.05) is 12.3 Å². The summed E-state index contributed by atoms with van der Waals surface area (Å²) in [5, 5.41) is 6.04. The molecule has 1 aliphatic heterocycles. The number of nitrogens with zero attached hydrogens (tertiary/aromatic N) is 2. The first-order valence-electron chi connectivity index (χ1n) is 6.72. The van der Waals surface area contributed by atoms with E-state index in [0.717, 1.165) is 56.5 Å². The maximum atomic E-state index is 11.7. The van der Waals surface area contributed by atoms with Gasteiger partial charge in [0.15, 0.2) is 0 Å². The van der Waals surface area contributed by atoms with Crippen molar-refractivity contribution >= 4 is 17.2 Å². The van der Waals surface area contributed by atoms with Crippen molar-refractivity contribution < 1.29 is 9.53 Å². The third kappa shape index (κ3) is 5.26. The SMILES string of the molecule is Cc1nc(CCC(=O)NCCN2CCOCC2)cs1. The summed E-state index contributed by atoms with van der Waals surface area (Å²) in [5.74, 6) is 0.110. The molecule has 0 unspecified atom stereocenters. The Morgan fingerprint density at radius 3 is 3.00 bits per heavy atom. The Morgan fingerprint density at radius 2 is 2.32 bits per heavy atom. The van der Waals surface area contributed by atoms with Crippen LogP contribution in [0.1, 0.15) is 17.1 Å². The normalized spacial score (nSPS) is 16.5. The van der Waals surface area contributed by atoms with Crippen molar-refractivity contribution in [3.8, 4) is 0 Å². The second kappa shape index (κ2) is 7.57. The number of hydrogen-bond acceptors (Lipinski definition) is 5. The standard InChI is InChI=1S/C13H21N3O2S/c1-11-15-12(10-19-11)2-3-13(17)14-4-5-16-6-8-18-9-7-16/h10H,2-9H2,1H3,(H,14,17). The monoisotopic (exact) mass is 283 g/mol. The second-order valence-corrected chi connectivity index (χ2v) is 5.72. The molecule has 1 saturated heterocycles. The molecule has 0 aromatic carbocycles. The number of amides is 1. The average molecular weight is 283 g/mol. The van der Waals surface area contributed by atoms with Gasteiger partial charge >= 0.3 is 0 Å². The molecule has 0 radical (unpaired) electrons. The number of aryl methyl sites for hydroxylation is 2. The lowest BCUT2D eigenvalue weighted by Crippen LogP contribution is -2.41. The lowest BCUT2D eigenvalue weighted by molar-refractivity contribution is -0.121. The van der Waals surface area contributed by atoms with Crippen LogP contribution in [0.25, 0.3) is 0 Å². The highest BCUT2D eigenvalue weighted by Gasteiger charge is 2.10. The van der Waals surface area contributed by atoms with Crippen LogP contribution < -0.4 is 5.32 Å². The number of ether oxygens (including phenoxy) is 1. The molecule has 2 heterocycles. The summed E-state index contributed by atoms with van der Waals surface area (Å²) in [4.78, 5) is 18.4. The van der Waals surface area contributed by atoms with Gasteiger partial charge in [0.2, 0.25) is 5.91 Å². The molecular weight excluding hydrogens is 262 g/mol. The summed E-state index contributed by atoms with van der Waals surface area (Å²) in [6.07, 6.45) is 1.25. The van der Waals surface area contributed by atoms with E-state index in [0.29, 0.717) is 6.42 Å². The van der Waals surface area contributed by atoms with Gasteiger partial charge in [-0.3, -0.25) is 9.69 Å². The molecule has 0 aliphatic carbocycles. The van der Waals surface area contributed by atoms with Crippen molar-refractivity contribution in [2.45, 2.75) is 19.8 Å². The zero-order valence-electron chi connectivity index (χ0n) is 11.4. The van der Waals surface area contributed by atoms with Crippen molar-refractivity contribution in [1.82, 2.24) is 15.2 Å². The molecule has 1 amide bonds. The summed E-state index contributed by atoms with van der Waals surface area (Å²) in [6, 6.07) is 0. The highest BCUT2D eigenvalue weighted by molar-refractivity contribution is 7.09. The number of rotatable bonds is 6. The Kier molecular flexibility index (Phi) is 5.75. The summed E-state index contributed by atoms with van der Waals surface area (Å²) in [7, 11) is 0. The number of nitrogens with one attached hydrogen (secondary N) is 1. The van der Waals surface area contributed by atoms with Crippen molar-refractivity contribution in [1.29, 1.82) is 0 Å². The molecule has 0 saturated carbocycles. The van der Waals surface area contributed by atoms with Gasteiger partial charge in [0.05, 0.1) is 23.9 Å². The molecule has 1 aromatic rings. The number of carbonyl (C=O) groups is 1. The Morgan fingerprint density at radius 1 is 1.53 bits per heavy atom. The topological polar surface area (TPSA) is 54.5 Å². The predicted octanol–water partition coefficient (Wildman–Crippen LogP) is 0.833. The summed E-state index contributed by atoms with van der Waals surface area (Å²) >= 11 is 1.63. The fraction of sp³-hybridized carbons (Fsp3) is 0.692. The van der Waals surface area contributed by atoms with Gasteiger partial charge in [0.1, 0.15) is 0 Å². The molecule has 1 fully saturated rings. The average Bonchev–Trinajstić information content (AvgIpc) is 2.83. The van der Waals surface area contributed by atoms with E-state index in [9.17, 15) is 4.79 Å². The Balaban J connectivity index is 1.56. The molecule has 0 bridgehead atoms. The molecule has 6 heteroatoms. The highest BCUT2D eigenvalue weighted by Crippen LogP contribution is 2.09. The second-order valence-electron chi connectivity index (χ2n) is 4.66. The largest absolute Gasteiger partial charge is 0.379 e. The van der Waals surface area contributed by atoms with Crippen LogP contribution in [0.2, 0.25) is 0 Å². The van der Waals surface area contributed by atoms with Gasteiger partial charge < -0.3 is 10.1 Å². The van der Waals surface area contributed by atoms with E-state index in [-0.39, 0.29) is 5.91 Å². The lowest BCUT2D eigenvalue weighted by atomic mass is 10.2. The quantitative estimate of drug-likeness (QED) is 0.840. The molecule has 106 valence electrons. The minimum absolute atomic E-state index is 0.110. The first kappa shape index (κ1) is 14.4. The van der Waals surface area contributed by atoms with Crippen LogP contribution in [0.15, 0.2) is 5.38 Å². The Labute approximate surface area is 118 Å². The van der Waals surface area contributed by atoms with E-state index in [2.05, 4.69) is 15.2 Å². The van der Waals surface area contributed by atoms with Gasteiger partial charge in [-0.2, -0.15) is 0 Å². The van der Waals surface area contributed by atoms with E-state index >= 15 is 0 Å². The molecule has 0 spiro atoms. The molecular formula is C13H21N3O2S. The first-order valence-corrected chi connectivity index (χ1v) is 7.60. The van der Waals surface area contributed by atoms with Gasteiger partial charge in [0, 0.05) is 38.0 Å². The Bertz CT molecular complexity index is 402. The first-order chi connectivity index (χ1) is 9.24. The van der Waals surface area contributed by atoms with Crippen molar-refractivity contribution in [3.05, 3.63) is 16.1 Å². The number of morpholine rings is 1. The third-order valence-corrected chi connectivity index (χ3v) is 3.95. The molecule has 5 nitrogen and oxygen atoms in total. The molecule has 19 heavy (non-hydrogen) atoms. The zero-order chi connectivity index (χ0) is 13.5. The van der Waals surface area contributed by atoms with Crippen LogP contribution in [-0.4, -0.2) is 55.2 Å². The van der Waals surface area contributed by atoms with Crippen LogP contribution >= 0.6 is 11.3 Å². The van der Waals surface area contributed by atoms with Gasteiger partial charge in [-0.05, 0) is 13.3 Å². The van der Waals surface area contributed by atoms with Crippen LogP contribution in [0.4, 0.5) is 0 Å². The zero-order valence-corrected chi connectivity index (χ0v) is 12.2. The fourth-order valence-corrected chi connectivity index (χ4v) is 2.68. The number of thiazole rings is 1. The maximum Gasteiger partial charge on any atom is 0.220 e. The van der Waals surface area contributed by atoms with Gasteiger partial charge in [0.25, 0.3) is 0 Å². The van der Waals surface area contributed by atoms with Crippen LogP contribution in [0.5, 0.6) is 0 Å². The smallest absolute Gasteiger partial charge is 0.220 e. The molecule has 0 atom stereocenters. The molecule has 1 aromatic heterocycles.